The number of nitrogens with zero attached hydrogens (tertiary/aromatic N) is 1. The maximum Gasteiger partial charge on any atom is 0.258 e. The monoisotopic (exact) mass is 558 g/mol. The predicted octanol–water partition coefficient (Wildman–Crippen LogP) is 6.46. The van der Waals surface area contributed by atoms with E-state index in [-0.39, 0.29) is 24.3 Å². The Labute approximate surface area is 239 Å². The van der Waals surface area contributed by atoms with Gasteiger partial charge >= 0.3 is 0 Å². The lowest BCUT2D eigenvalue weighted by atomic mass is 10.0. The second-order valence-corrected chi connectivity index (χ2v) is 8.96. The Morgan fingerprint density at radius 1 is 0.775 bits per heavy atom. The fourth-order valence-corrected chi connectivity index (χ4v) is 3.83. The quantitative estimate of drug-likeness (QED) is 0.178. The number of carbonyl (C=O) groups excluding carboxylic acids is 2. The van der Waals surface area contributed by atoms with E-state index in [0.717, 1.165) is 16.7 Å². The molecule has 0 bridgehead atoms. The van der Waals surface area contributed by atoms with Crippen LogP contribution in [0, 0.1) is 20.8 Å². The number of para-hydroxylation sites is 1. The van der Waals surface area contributed by atoms with Crippen LogP contribution in [0.2, 0.25) is 0 Å². The van der Waals surface area contributed by atoms with Crippen LogP contribution in [0.4, 0.5) is 11.4 Å². The second-order valence-electron chi connectivity index (χ2n) is 8.96. The maximum atomic E-state index is 12.9. The van der Waals surface area contributed by atoms with Crippen molar-refractivity contribution in [2.45, 2.75) is 20.8 Å². The Hall–Kier alpha value is -4.82. The van der Waals surface area contributed by atoms with E-state index in [1.165, 1.54) is 0 Å². The number of amides is 2. The molecule has 0 saturated carbocycles. The van der Waals surface area contributed by atoms with E-state index < -0.39 is 5.91 Å². The highest BCUT2D eigenvalue weighted by molar-refractivity contribution is 6.07. The van der Waals surface area contributed by atoms with Crippen molar-refractivity contribution in [2.75, 3.05) is 12.4 Å². The molecule has 0 aromatic heterocycles. The SMILES string of the molecule is COc1cc(C(=O)NC(N)=Nc2ccc(C)c(NC(=O)c3ccc(Oc4ccccc4)cc3)c2)cc(C)c1C.Cl. The minimum atomic E-state index is -0.405. The number of halogens is 1. The summed E-state index contributed by atoms with van der Waals surface area (Å²) in [6.45, 7) is 5.70. The van der Waals surface area contributed by atoms with Gasteiger partial charge in [0.05, 0.1) is 12.8 Å². The number of nitrogens with one attached hydrogen (secondary N) is 2. The summed E-state index contributed by atoms with van der Waals surface area (Å²) < 4.78 is 11.1. The van der Waals surface area contributed by atoms with Crippen molar-refractivity contribution >= 4 is 41.6 Å². The number of benzene rings is 4. The number of hydrogen-bond donors (Lipinski definition) is 3. The van der Waals surface area contributed by atoms with Gasteiger partial charge in [0, 0.05) is 16.8 Å². The van der Waals surface area contributed by atoms with Gasteiger partial charge in [0.1, 0.15) is 17.2 Å². The molecule has 0 radical (unpaired) electrons. The summed E-state index contributed by atoms with van der Waals surface area (Å²) in [5.41, 5.74) is 10.7. The molecule has 40 heavy (non-hydrogen) atoms. The van der Waals surface area contributed by atoms with Crippen LogP contribution in [0.15, 0.2) is 89.9 Å². The summed E-state index contributed by atoms with van der Waals surface area (Å²) in [6.07, 6.45) is 0. The predicted molar refractivity (Wildman–Crippen MR) is 161 cm³/mol. The van der Waals surface area contributed by atoms with Crippen molar-refractivity contribution < 1.29 is 19.1 Å². The molecule has 0 saturated heterocycles. The average molecular weight is 559 g/mol. The minimum Gasteiger partial charge on any atom is -0.496 e. The van der Waals surface area contributed by atoms with Crippen molar-refractivity contribution in [1.29, 1.82) is 0 Å². The van der Waals surface area contributed by atoms with Crippen LogP contribution in [0.3, 0.4) is 0 Å². The standard InChI is InChI=1S/C31H30N4O4.ClH/c1-19-10-13-24(33-31(32)35-30(37)23-16-20(2)21(3)28(17-23)38-4)18-27(19)34-29(36)22-11-14-26(15-12-22)39-25-8-6-5-7-9-25;/h5-18H,1-4H3,(H,34,36)(H3,32,33,35,37);1H. The number of carbonyl (C=O) groups is 2. The van der Waals surface area contributed by atoms with Crippen LogP contribution in [0.5, 0.6) is 17.2 Å². The summed E-state index contributed by atoms with van der Waals surface area (Å²) in [7, 11) is 1.56. The second kappa shape index (κ2) is 13.3. The normalized spacial score (nSPS) is 10.8. The van der Waals surface area contributed by atoms with Crippen LogP contribution in [0.1, 0.15) is 37.4 Å². The Morgan fingerprint density at radius 3 is 2.12 bits per heavy atom. The first-order valence-corrected chi connectivity index (χ1v) is 12.3. The van der Waals surface area contributed by atoms with Crippen molar-refractivity contribution in [3.63, 3.8) is 0 Å². The summed E-state index contributed by atoms with van der Waals surface area (Å²) in [4.78, 5) is 29.9. The maximum absolute atomic E-state index is 12.9. The van der Waals surface area contributed by atoms with Gasteiger partial charge in [0.25, 0.3) is 11.8 Å². The van der Waals surface area contributed by atoms with Crippen LogP contribution < -0.4 is 25.8 Å². The first kappa shape index (κ1) is 29.7. The number of nitrogens with two attached hydrogens (primary N) is 1. The highest BCUT2D eigenvalue weighted by Crippen LogP contribution is 2.25. The Balaban J connectivity index is 0.00000441. The number of aryl methyl sites for hydroxylation is 2. The van der Waals surface area contributed by atoms with E-state index >= 15 is 0 Å². The lowest BCUT2D eigenvalue weighted by Gasteiger charge is -2.12. The van der Waals surface area contributed by atoms with Gasteiger partial charge in [-0.2, -0.15) is 0 Å². The molecular formula is C31H31ClN4O4. The lowest BCUT2D eigenvalue weighted by molar-refractivity contribution is 0.0975. The highest BCUT2D eigenvalue weighted by atomic mass is 35.5. The van der Waals surface area contributed by atoms with E-state index in [4.69, 9.17) is 15.2 Å². The zero-order valence-corrected chi connectivity index (χ0v) is 23.5. The molecule has 0 aliphatic rings. The van der Waals surface area contributed by atoms with E-state index in [2.05, 4.69) is 15.6 Å². The number of guanidine groups is 1. The molecule has 9 heteroatoms. The first-order valence-electron chi connectivity index (χ1n) is 12.3. The third-order valence-corrected chi connectivity index (χ3v) is 6.16. The fraction of sp³-hybridized carbons (Fsp3) is 0.129. The third kappa shape index (κ3) is 7.39. The summed E-state index contributed by atoms with van der Waals surface area (Å²) in [5, 5.41) is 5.51. The molecule has 4 aromatic carbocycles. The smallest absolute Gasteiger partial charge is 0.258 e. The molecule has 0 aliphatic heterocycles. The highest BCUT2D eigenvalue weighted by Gasteiger charge is 2.13. The Kier molecular flexibility index (Phi) is 9.89. The number of anilines is 1. The van der Waals surface area contributed by atoms with E-state index in [0.29, 0.717) is 39.8 Å². The molecule has 0 fully saturated rings. The number of methoxy groups -OCH3 is 1. The van der Waals surface area contributed by atoms with Gasteiger partial charge in [0.15, 0.2) is 0 Å². The van der Waals surface area contributed by atoms with E-state index in [9.17, 15) is 9.59 Å². The van der Waals surface area contributed by atoms with Gasteiger partial charge in [-0.1, -0.05) is 24.3 Å². The van der Waals surface area contributed by atoms with Crippen molar-refractivity contribution in [1.82, 2.24) is 5.32 Å². The molecular weight excluding hydrogens is 528 g/mol. The summed E-state index contributed by atoms with van der Waals surface area (Å²) in [6, 6.07) is 25.0. The fourth-order valence-electron chi connectivity index (χ4n) is 3.83. The van der Waals surface area contributed by atoms with Gasteiger partial charge in [-0.05, 0) is 98.1 Å². The van der Waals surface area contributed by atoms with Crippen LogP contribution >= 0.6 is 12.4 Å². The molecule has 0 spiro atoms. The average Bonchev–Trinajstić information content (AvgIpc) is 2.92. The number of ether oxygens (including phenoxy) is 2. The summed E-state index contributed by atoms with van der Waals surface area (Å²) >= 11 is 0. The van der Waals surface area contributed by atoms with Crippen LogP contribution in [-0.2, 0) is 0 Å². The molecule has 4 rings (SSSR count). The molecule has 0 heterocycles. The van der Waals surface area contributed by atoms with Crippen molar-refractivity contribution in [3.05, 3.63) is 113 Å². The number of aliphatic imine (C=N–C) groups is 1. The third-order valence-electron chi connectivity index (χ3n) is 6.16. The van der Waals surface area contributed by atoms with Crippen LogP contribution in [-0.4, -0.2) is 24.9 Å². The van der Waals surface area contributed by atoms with Gasteiger partial charge in [-0.3, -0.25) is 14.9 Å². The molecule has 4 N–H and O–H groups in total. The topological polar surface area (TPSA) is 115 Å². The van der Waals surface area contributed by atoms with Gasteiger partial charge in [-0.15, -0.1) is 12.4 Å². The molecule has 8 nitrogen and oxygen atoms in total. The molecule has 0 aliphatic carbocycles. The molecule has 4 aromatic rings. The van der Waals surface area contributed by atoms with Gasteiger partial charge in [0.2, 0.25) is 5.96 Å². The van der Waals surface area contributed by atoms with Crippen LogP contribution in [0.25, 0.3) is 0 Å². The van der Waals surface area contributed by atoms with E-state index in [1.807, 2.05) is 57.2 Å². The minimum absolute atomic E-state index is 0. The Bertz CT molecular complexity index is 1540. The zero-order valence-electron chi connectivity index (χ0n) is 22.6. The first-order chi connectivity index (χ1) is 18.7. The van der Waals surface area contributed by atoms with Crippen molar-refractivity contribution in [3.8, 4) is 17.2 Å². The molecule has 2 amide bonds. The number of hydrogen-bond acceptors (Lipinski definition) is 5. The zero-order chi connectivity index (χ0) is 27.9. The lowest BCUT2D eigenvalue weighted by Crippen LogP contribution is -2.36. The molecule has 206 valence electrons. The largest absolute Gasteiger partial charge is 0.496 e. The van der Waals surface area contributed by atoms with Crippen molar-refractivity contribution in [2.24, 2.45) is 10.7 Å². The summed E-state index contributed by atoms with van der Waals surface area (Å²) in [5.74, 6) is 1.20. The van der Waals surface area contributed by atoms with E-state index in [1.54, 1.807) is 55.6 Å². The van der Waals surface area contributed by atoms with Gasteiger partial charge < -0.3 is 20.5 Å². The Morgan fingerprint density at radius 2 is 1.45 bits per heavy atom. The van der Waals surface area contributed by atoms with Gasteiger partial charge in [-0.25, -0.2) is 4.99 Å². The molecule has 0 atom stereocenters. The number of rotatable bonds is 7. The molecule has 0 unspecified atom stereocenters.